The van der Waals surface area contributed by atoms with Crippen molar-refractivity contribution in [2.24, 2.45) is 5.73 Å². The first kappa shape index (κ1) is 11.0. The van der Waals surface area contributed by atoms with Crippen molar-refractivity contribution in [2.75, 3.05) is 6.54 Å². The molecule has 0 bridgehead atoms. The Balaban J connectivity index is 2.11. The first-order chi connectivity index (χ1) is 7.15. The highest BCUT2D eigenvalue weighted by atomic mass is 32.2. The molecule has 1 aromatic rings. The molecule has 3 heteroatoms. The van der Waals surface area contributed by atoms with Crippen LogP contribution in [-0.2, 0) is 0 Å². The number of nitrogens with two attached hydrogens (primary N) is 1. The lowest BCUT2D eigenvalue weighted by Gasteiger charge is -2.44. The molecule has 2 nitrogen and oxygen atoms in total. The number of hydrogen-bond donors (Lipinski definition) is 2. The van der Waals surface area contributed by atoms with Gasteiger partial charge in [0.1, 0.15) is 0 Å². The molecule has 0 aliphatic heterocycles. The van der Waals surface area contributed by atoms with Crippen LogP contribution in [0.4, 0.5) is 0 Å². The van der Waals surface area contributed by atoms with Crippen LogP contribution in [0.15, 0.2) is 29.2 Å². The zero-order valence-electron chi connectivity index (χ0n) is 8.94. The molecule has 1 aliphatic rings. The molecule has 3 N–H and O–H groups in total. The lowest BCUT2D eigenvalue weighted by Crippen LogP contribution is -2.49. The smallest absolute Gasteiger partial charge is 0.0568 e. The zero-order valence-corrected chi connectivity index (χ0v) is 9.76. The summed E-state index contributed by atoms with van der Waals surface area (Å²) in [5, 5.41) is 9.39. The zero-order chi connectivity index (χ0) is 10.9. The maximum Gasteiger partial charge on any atom is 0.0568 e. The van der Waals surface area contributed by atoms with Crippen LogP contribution < -0.4 is 5.73 Å². The molecule has 0 unspecified atom stereocenters. The molecular weight excluding hydrogens is 206 g/mol. The Hall–Kier alpha value is -0.510. The van der Waals surface area contributed by atoms with Crippen molar-refractivity contribution >= 4 is 11.8 Å². The molecule has 0 radical (unpaired) electrons. The van der Waals surface area contributed by atoms with Gasteiger partial charge in [-0.05, 0) is 31.4 Å². The van der Waals surface area contributed by atoms with E-state index in [0.29, 0.717) is 6.54 Å². The minimum atomic E-state index is -0.148. The van der Waals surface area contributed by atoms with Gasteiger partial charge in [-0.25, -0.2) is 0 Å². The number of benzene rings is 1. The van der Waals surface area contributed by atoms with Gasteiger partial charge in [-0.3, -0.25) is 0 Å². The molecular formula is C12H17NOS. The first-order valence-corrected chi connectivity index (χ1v) is 6.10. The van der Waals surface area contributed by atoms with Gasteiger partial charge in [0, 0.05) is 16.2 Å². The molecule has 15 heavy (non-hydrogen) atoms. The van der Waals surface area contributed by atoms with Crippen LogP contribution >= 0.6 is 11.8 Å². The third-order valence-electron chi connectivity index (χ3n) is 3.01. The largest absolute Gasteiger partial charge is 0.393 e. The van der Waals surface area contributed by atoms with Crippen LogP contribution in [0.5, 0.6) is 0 Å². The summed E-state index contributed by atoms with van der Waals surface area (Å²) in [4.78, 5) is 1.29. The van der Waals surface area contributed by atoms with Gasteiger partial charge in [0.2, 0.25) is 0 Å². The van der Waals surface area contributed by atoms with Crippen molar-refractivity contribution in [3.8, 4) is 0 Å². The van der Waals surface area contributed by atoms with Crippen LogP contribution in [0.2, 0.25) is 0 Å². The molecule has 82 valence electrons. The average Bonchev–Trinajstić information content (AvgIpc) is 2.18. The Labute approximate surface area is 94.9 Å². The monoisotopic (exact) mass is 223 g/mol. The van der Waals surface area contributed by atoms with Gasteiger partial charge in [-0.1, -0.05) is 18.2 Å². The third kappa shape index (κ3) is 2.19. The molecule has 1 aromatic carbocycles. The Kier molecular flexibility index (Phi) is 3.05. The van der Waals surface area contributed by atoms with Crippen LogP contribution in [0, 0.1) is 6.92 Å². The Morgan fingerprint density at radius 3 is 2.67 bits per heavy atom. The summed E-state index contributed by atoms with van der Waals surface area (Å²) in [5.41, 5.74) is 7.09. The lowest BCUT2D eigenvalue weighted by atomic mass is 9.81. The quantitative estimate of drug-likeness (QED) is 0.823. The van der Waals surface area contributed by atoms with Crippen molar-refractivity contribution in [1.82, 2.24) is 0 Å². The highest BCUT2D eigenvalue weighted by Gasteiger charge is 2.43. The van der Waals surface area contributed by atoms with Gasteiger partial charge in [-0.2, -0.15) is 0 Å². The molecule has 0 atom stereocenters. The second-order valence-corrected chi connectivity index (χ2v) is 5.83. The molecule has 0 saturated heterocycles. The molecule has 0 spiro atoms. The summed E-state index contributed by atoms with van der Waals surface area (Å²) in [7, 11) is 0. The van der Waals surface area contributed by atoms with Gasteiger partial charge in [0.15, 0.2) is 0 Å². The number of hydrogen-bond acceptors (Lipinski definition) is 3. The standard InChI is InChI=1S/C12H17NOS/c1-9-4-2-3-5-11(9)15-12(8-13)6-10(14)7-12/h2-5,10,14H,6-8,13H2,1H3. The fourth-order valence-electron chi connectivity index (χ4n) is 1.99. The van der Waals surface area contributed by atoms with E-state index in [1.807, 2.05) is 17.8 Å². The van der Waals surface area contributed by atoms with E-state index in [0.717, 1.165) is 12.8 Å². The van der Waals surface area contributed by atoms with Gasteiger partial charge < -0.3 is 10.8 Å². The molecule has 1 saturated carbocycles. The summed E-state index contributed by atoms with van der Waals surface area (Å²) in [6.07, 6.45) is 1.50. The van der Waals surface area contributed by atoms with Crippen LogP contribution in [0.25, 0.3) is 0 Å². The van der Waals surface area contributed by atoms with E-state index in [-0.39, 0.29) is 10.9 Å². The maximum absolute atomic E-state index is 9.39. The Bertz CT molecular complexity index is 347. The minimum Gasteiger partial charge on any atom is -0.393 e. The third-order valence-corrected chi connectivity index (χ3v) is 4.62. The summed E-state index contributed by atoms with van der Waals surface area (Å²) >= 11 is 1.82. The predicted octanol–water partition coefficient (Wildman–Crippen LogP) is 1.94. The van der Waals surface area contributed by atoms with Crippen molar-refractivity contribution in [1.29, 1.82) is 0 Å². The normalized spacial score (nSPS) is 29.9. The maximum atomic E-state index is 9.39. The Morgan fingerprint density at radius 1 is 1.47 bits per heavy atom. The second kappa shape index (κ2) is 4.16. The molecule has 2 rings (SSSR count). The van der Waals surface area contributed by atoms with Crippen molar-refractivity contribution < 1.29 is 5.11 Å². The number of aliphatic hydroxyl groups excluding tert-OH is 1. The molecule has 0 aromatic heterocycles. The first-order valence-electron chi connectivity index (χ1n) is 5.28. The van der Waals surface area contributed by atoms with E-state index in [1.165, 1.54) is 10.5 Å². The van der Waals surface area contributed by atoms with E-state index in [1.54, 1.807) is 0 Å². The summed E-state index contributed by atoms with van der Waals surface area (Å²) in [6.45, 7) is 2.75. The molecule has 0 amide bonds. The van der Waals surface area contributed by atoms with Crippen molar-refractivity contribution in [3.63, 3.8) is 0 Å². The van der Waals surface area contributed by atoms with Crippen LogP contribution in [-0.4, -0.2) is 22.5 Å². The summed E-state index contributed by atoms with van der Waals surface area (Å²) in [6, 6.07) is 8.34. The van der Waals surface area contributed by atoms with Crippen molar-refractivity contribution in [2.45, 2.75) is 35.5 Å². The summed E-state index contributed by atoms with van der Waals surface area (Å²) in [5.74, 6) is 0. The number of rotatable bonds is 3. The molecule has 1 aliphatic carbocycles. The van der Waals surface area contributed by atoms with E-state index in [9.17, 15) is 5.11 Å². The topological polar surface area (TPSA) is 46.2 Å². The SMILES string of the molecule is Cc1ccccc1SC1(CN)CC(O)C1. The van der Waals surface area contributed by atoms with E-state index in [2.05, 4.69) is 25.1 Å². The highest BCUT2D eigenvalue weighted by Crippen LogP contribution is 2.47. The molecule has 1 fully saturated rings. The van der Waals surface area contributed by atoms with E-state index in [4.69, 9.17) is 5.73 Å². The van der Waals surface area contributed by atoms with Crippen LogP contribution in [0.1, 0.15) is 18.4 Å². The highest BCUT2D eigenvalue weighted by molar-refractivity contribution is 8.00. The van der Waals surface area contributed by atoms with Gasteiger partial charge >= 0.3 is 0 Å². The number of aliphatic hydroxyl groups is 1. The van der Waals surface area contributed by atoms with Gasteiger partial charge in [-0.15, -0.1) is 11.8 Å². The predicted molar refractivity (Wildman–Crippen MR) is 64.1 cm³/mol. The van der Waals surface area contributed by atoms with Gasteiger partial charge in [0.05, 0.1) is 6.10 Å². The summed E-state index contributed by atoms with van der Waals surface area (Å²) < 4.78 is 0.0749. The fourth-order valence-corrected chi connectivity index (χ4v) is 3.47. The Morgan fingerprint density at radius 2 is 2.13 bits per heavy atom. The number of thioether (sulfide) groups is 1. The minimum absolute atomic E-state index is 0.0749. The van der Waals surface area contributed by atoms with E-state index >= 15 is 0 Å². The lowest BCUT2D eigenvalue weighted by molar-refractivity contribution is 0.0643. The fraction of sp³-hybridized carbons (Fsp3) is 0.500. The van der Waals surface area contributed by atoms with E-state index < -0.39 is 0 Å². The molecule has 0 heterocycles. The van der Waals surface area contributed by atoms with Crippen molar-refractivity contribution in [3.05, 3.63) is 29.8 Å². The number of aryl methyl sites for hydroxylation is 1. The van der Waals surface area contributed by atoms with Gasteiger partial charge in [0.25, 0.3) is 0 Å². The second-order valence-electron chi connectivity index (χ2n) is 4.32. The van der Waals surface area contributed by atoms with Crippen LogP contribution in [0.3, 0.4) is 0 Å². The average molecular weight is 223 g/mol.